The molecule has 0 bridgehead atoms. The molecule has 0 fully saturated rings. The molecule has 0 spiro atoms. The van der Waals surface area contributed by atoms with E-state index >= 15 is 0 Å². The molecule has 0 saturated heterocycles. The van der Waals surface area contributed by atoms with Gasteiger partial charge in [-0.3, -0.25) is 0 Å². The molecule has 0 aliphatic heterocycles. The van der Waals surface area contributed by atoms with Crippen LogP contribution in [0, 0.1) is 6.92 Å². The van der Waals surface area contributed by atoms with Crippen molar-refractivity contribution in [3.8, 4) is 5.75 Å². The zero-order chi connectivity index (χ0) is 9.84. The molecule has 0 amide bonds. The van der Waals surface area contributed by atoms with Crippen LogP contribution < -0.4 is 10.1 Å². The molecule has 0 saturated carbocycles. The predicted molar refractivity (Wildman–Crippen MR) is 55.5 cm³/mol. The van der Waals surface area contributed by atoms with Gasteiger partial charge in [0.1, 0.15) is 5.75 Å². The fourth-order valence-corrected chi connectivity index (χ4v) is 1.60. The summed E-state index contributed by atoms with van der Waals surface area (Å²) in [6, 6.07) is 3.90. The van der Waals surface area contributed by atoms with E-state index in [2.05, 4.69) is 5.32 Å². The number of rotatable bonds is 3. The first-order valence-corrected chi connectivity index (χ1v) is 4.55. The number of ether oxygens (including phenoxy) is 1. The molecule has 1 rings (SSSR count). The van der Waals surface area contributed by atoms with E-state index in [0.29, 0.717) is 5.02 Å². The highest BCUT2D eigenvalue weighted by atomic mass is 35.5. The Balaban J connectivity index is 3.13. The fourth-order valence-electron chi connectivity index (χ4n) is 1.25. The van der Waals surface area contributed by atoms with Crippen LogP contribution in [0.1, 0.15) is 11.1 Å². The van der Waals surface area contributed by atoms with Gasteiger partial charge in [0.15, 0.2) is 0 Å². The predicted octanol–water partition coefficient (Wildman–Crippen LogP) is 2.38. The van der Waals surface area contributed by atoms with Crippen LogP contribution >= 0.6 is 11.6 Å². The molecule has 0 unspecified atom stereocenters. The van der Waals surface area contributed by atoms with E-state index in [1.54, 1.807) is 7.11 Å². The summed E-state index contributed by atoms with van der Waals surface area (Å²) in [6.45, 7) is 2.81. The second-order valence-electron chi connectivity index (χ2n) is 2.91. The van der Waals surface area contributed by atoms with Gasteiger partial charge in [-0.15, -0.1) is 0 Å². The Morgan fingerprint density at radius 1 is 1.46 bits per heavy atom. The van der Waals surface area contributed by atoms with E-state index in [-0.39, 0.29) is 0 Å². The number of nitrogens with one attached hydrogen (secondary N) is 1. The Morgan fingerprint density at radius 2 is 2.15 bits per heavy atom. The van der Waals surface area contributed by atoms with Crippen LogP contribution in [0.25, 0.3) is 0 Å². The summed E-state index contributed by atoms with van der Waals surface area (Å²) >= 11 is 6.13. The van der Waals surface area contributed by atoms with Crippen LogP contribution in [0.2, 0.25) is 5.02 Å². The maximum absolute atomic E-state index is 6.13. The third-order valence-corrected chi connectivity index (χ3v) is 2.43. The van der Waals surface area contributed by atoms with Crippen LogP contribution in [0.5, 0.6) is 5.75 Å². The topological polar surface area (TPSA) is 21.3 Å². The maximum Gasteiger partial charge on any atom is 0.137 e. The largest absolute Gasteiger partial charge is 0.495 e. The van der Waals surface area contributed by atoms with Crippen LogP contribution in [0.15, 0.2) is 12.1 Å². The summed E-state index contributed by atoms with van der Waals surface area (Å²) < 4.78 is 5.13. The molecule has 0 heterocycles. The summed E-state index contributed by atoms with van der Waals surface area (Å²) in [5, 5.41) is 3.78. The lowest BCUT2D eigenvalue weighted by molar-refractivity contribution is 0.414. The molecule has 0 aliphatic carbocycles. The number of aryl methyl sites for hydroxylation is 1. The van der Waals surface area contributed by atoms with Gasteiger partial charge in [-0.2, -0.15) is 0 Å². The number of hydrogen-bond donors (Lipinski definition) is 1. The summed E-state index contributed by atoms with van der Waals surface area (Å²) in [5.41, 5.74) is 2.28. The highest BCUT2D eigenvalue weighted by molar-refractivity contribution is 6.32. The molecule has 0 aliphatic rings. The third-order valence-electron chi connectivity index (χ3n) is 2.02. The minimum atomic E-state index is 0.705. The minimum absolute atomic E-state index is 0.705. The first-order chi connectivity index (χ1) is 6.20. The molecular weight excluding hydrogens is 186 g/mol. The molecular formula is C10H14ClNO. The van der Waals surface area contributed by atoms with Crippen molar-refractivity contribution < 1.29 is 4.74 Å². The zero-order valence-corrected chi connectivity index (χ0v) is 8.90. The first-order valence-electron chi connectivity index (χ1n) is 4.17. The highest BCUT2D eigenvalue weighted by Gasteiger charge is 2.08. The smallest absolute Gasteiger partial charge is 0.137 e. The van der Waals surface area contributed by atoms with E-state index in [1.165, 1.54) is 5.56 Å². The second-order valence-corrected chi connectivity index (χ2v) is 3.29. The van der Waals surface area contributed by atoms with Gasteiger partial charge in [0.05, 0.1) is 12.1 Å². The molecule has 0 aromatic heterocycles. The van der Waals surface area contributed by atoms with Gasteiger partial charge >= 0.3 is 0 Å². The first kappa shape index (κ1) is 10.4. The molecule has 2 nitrogen and oxygen atoms in total. The quantitative estimate of drug-likeness (QED) is 0.807. The van der Waals surface area contributed by atoms with Crippen LogP contribution in [-0.2, 0) is 6.54 Å². The van der Waals surface area contributed by atoms with E-state index in [4.69, 9.17) is 16.3 Å². The Bertz CT molecular complexity index is 299. The summed E-state index contributed by atoms with van der Waals surface area (Å²) in [7, 11) is 3.52. The Kier molecular flexibility index (Phi) is 3.58. The van der Waals surface area contributed by atoms with Gasteiger partial charge < -0.3 is 10.1 Å². The summed E-state index contributed by atoms with van der Waals surface area (Å²) in [6.07, 6.45) is 0. The molecule has 1 aromatic carbocycles. The third kappa shape index (κ3) is 2.14. The summed E-state index contributed by atoms with van der Waals surface area (Å²) in [5.74, 6) is 0.734. The molecule has 1 N–H and O–H groups in total. The van der Waals surface area contributed by atoms with E-state index in [1.807, 2.05) is 26.1 Å². The van der Waals surface area contributed by atoms with Gasteiger partial charge in [-0.1, -0.05) is 17.7 Å². The van der Waals surface area contributed by atoms with Crippen LogP contribution in [0.4, 0.5) is 0 Å². The SMILES string of the molecule is CNCc1c(C)ccc(OC)c1Cl. The number of halogens is 1. The average Bonchev–Trinajstić information content (AvgIpc) is 2.12. The molecule has 3 heteroatoms. The molecule has 13 heavy (non-hydrogen) atoms. The van der Waals surface area contributed by atoms with Gasteiger partial charge in [-0.05, 0) is 31.2 Å². The van der Waals surface area contributed by atoms with Crippen molar-refractivity contribution in [1.29, 1.82) is 0 Å². The zero-order valence-electron chi connectivity index (χ0n) is 8.15. The van der Waals surface area contributed by atoms with Crippen molar-refractivity contribution in [3.05, 3.63) is 28.3 Å². The minimum Gasteiger partial charge on any atom is -0.495 e. The normalized spacial score (nSPS) is 10.2. The van der Waals surface area contributed by atoms with Crippen molar-refractivity contribution >= 4 is 11.6 Å². The van der Waals surface area contributed by atoms with Crippen molar-refractivity contribution in [1.82, 2.24) is 5.32 Å². The van der Waals surface area contributed by atoms with E-state index < -0.39 is 0 Å². The lowest BCUT2D eigenvalue weighted by Gasteiger charge is -2.11. The van der Waals surface area contributed by atoms with Crippen LogP contribution in [0.3, 0.4) is 0 Å². The number of hydrogen-bond acceptors (Lipinski definition) is 2. The monoisotopic (exact) mass is 199 g/mol. The molecule has 1 aromatic rings. The maximum atomic E-state index is 6.13. The fraction of sp³-hybridized carbons (Fsp3) is 0.400. The lowest BCUT2D eigenvalue weighted by Crippen LogP contribution is -2.07. The second kappa shape index (κ2) is 4.49. The highest BCUT2D eigenvalue weighted by Crippen LogP contribution is 2.30. The molecule has 72 valence electrons. The van der Waals surface area contributed by atoms with Gasteiger partial charge in [-0.25, -0.2) is 0 Å². The Hall–Kier alpha value is -0.730. The lowest BCUT2D eigenvalue weighted by atomic mass is 10.1. The molecule has 0 atom stereocenters. The van der Waals surface area contributed by atoms with Crippen molar-refractivity contribution in [2.75, 3.05) is 14.2 Å². The Labute approximate surface area is 83.9 Å². The van der Waals surface area contributed by atoms with Crippen molar-refractivity contribution in [2.45, 2.75) is 13.5 Å². The van der Waals surface area contributed by atoms with Crippen LogP contribution in [-0.4, -0.2) is 14.2 Å². The standard InChI is InChI=1S/C10H14ClNO/c1-7-4-5-9(13-3)10(11)8(7)6-12-2/h4-5,12H,6H2,1-3H3. The van der Waals surface area contributed by atoms with Crippen molar-refractivity contribution in [3.63, 3.8) is 0 Å². The van der Waals surface area contributed by atoms with E-state index in [9.17, 15) is 0 Å². The van der Waals surface area contributed by atoms with Gasteiger partial charge in [0.2, 0.25) is 0 Å². The van der Waals surface area contributed by atoms with Gasteiger partial charge in [0.25, 0.3) is 0 Å². The number of methoxy groups -OCH3 is 1. The number of benzene rings is 1. The van der Waals surface area contributed by atoms with E-state index in [0.717, 1.165) is 17.9 Å². The Morgan fingerprint density at radius 3 is 2.69 bits per heavy atom. The van der Waals surface area contributed by atoms with Crippen molar-refractivity contribution in [2.24, 2.45) is 0 Å². The average molecular weight is 200 g/mol. The van der Waals surface area contributed by atoms with Gasteiger partial charge in [0, 0.05) is 6.54 Å². The summed E-state index contributed by atoms with van der Waals surface area (Å²) in [4.78, 5) is 0. The molecule has 0 radical (unpaired) electrons.